The lowest BCUT2D eigenvalue weighted by atomic mass is 9.84. The normalized spacial score (nSPS) is 44.7. The van der Waals surface area contributed by atoms with Crippen molar-refractivity contribution in [2.45, 2.75) is 50.7 Å². The van der Waals surface area contributed by atoms with Crippen LogP contribution in [0.3, 0.4) is 0 Å². The van der Waals surface area contributed by atoms with Gasteiger partial charge in [0.1, 0.15) is 0 Å². The van der Waals surface area contributed by atoms with Gasteiger partial charge in [-0.15, -0.1) is 0 Å². The Morgan fingerprint density at radius 1 is 1.00 bits per heavy atom. The lowest BCUT2D eigenvalue weighted by molar-refractivity contribution is 0.0907. The molecule has 1 N–H and O–H groups in total. The molecule has 3 heterocycles. The zero-order valence-corrected chi connectivity index (χ0v) is 11.9. The Labute approximate surface area is 111 Å². The maximum atomic E-state index is 3.59. The standard InChI is InChI=1S/C15H27N3/c1-15(2)14-8-16-7-11(14)9-18(15)13-5-6-17(10-13)12-3-4-12/h11-14,16H,3-10H2,1-2H3. The molecule has 1 saturated carbocycles. The first-order chi connectivity index (χ1) is 8.66. The molecule has 0 radical (unpaired) electrons. The molecule has 4 fully saturated rings. The van der Waals surface area contributed by atoms with Gasteiger partial charge in [-0.3, -0.25) is 9.80 Å². The van der Waals surface area contributed by atoms with E-state index in [2.05, 4.69) is 29.0 Å². The summed E-state index contributed by atoms with van der Waals surface area (Å²) in [5.74, 6) is 1.79. The molecule has 0 aromatic rings. The van der Waals surface area contributed by atoms with E-state index in [1.807, 2.05) is 0 Å². The first kappa shape index (κ1) is 11.7. The molecule has 4 aliphatic rings. The average molecular weight is 249 g/mol. The van der Waals surface area contributed by atoms with Gasteiger partial charge in [-0.05, 0) is 51.5 Å². The number of hydrogen-bond acceptors (Lipinski definition) is 3. The summed E-state index contributed by atoms with van der Waals surface area (Å²) < 4.78 is 0. The number of fused-ring (bicyclic) bond motifs is 1. The largest absolute Gasteiger partial charge is 0.316 e. The maximum Gasteiger partial charge on any atom is 0.0241 e. The third kappa shape index (κ3) is 1.67. The van der Waals surface area contributed by atoms with Gasteiger partial charge in [0.2, 0.25) is 0 Å². The molecule has 4 rings (SSSR count). The second-order valence-electron chi connectivity index (χ2n) is 7.50. The predicted molar refractivity (Wildman–Crippen MR) is 73.6 cm³/mol. The molecule has 3 atom stereocenters. The summed E-state index contributed by atoms with van der Waals surface area (Å²) in [6.45, 7) is 11.5. The number of hydrogen-bond donors (Lipinski definition) is 1. The minimum absolute atomic E-state index is 0.415. The Morgan fingerprint density at radius 2 is 1.83 bits per heavy atom. The first-order valence-corrected chi connectivity index (χ1v) is 7.88. The highest BCUT2D eigenvalue weighted by Crippen LogP contribution is 2.43. The molecule has 0 aromatic carbocycles. The van der Waals surface area contributed by atoms with Crippen molar-refractivity contribution in [1.29, 1.82) is 0 Å². The summed E-state index contributed by atoms with van der Waals surface area (Å²) in [6, 6.07) is 1.80. The van der Waals surface area contributed by atoms with Crippen LogP contribution in [-0.4, -0.2) is 60.1 Å². The molecule has 3 nitrogen and oxygen atoms in total. The van der Waals surface area contributed by atoms with E-state index in [0.29, 0.717) is 5.54 Å². The highest BCUT2D eigenvalue weighted by atomic mass is 15.3. The average Bonchev–Trinajstić information content (AvgIpc) is 2.82. The number of nitrogens with zero attached hydrogens (tertiary/aromatic N) is 2. The topological polar surface area (TPSA) is 18.5 Å². The van der Waals surface area contributed by atoms with Crippen LogP contribution in [0.1, 0.15) is 33.1 Å². The van der Waals surface area contributed by atoms with Crippen molar-refractivity contribution >= 4 is 0 Å². The van der Waals surface area contributed by atoms with E-state index in [9.17, 15) is 0 Å². The Balaban J connectivity index is 1.48. The molecule has 0 aromatic heterocycles. The van der Waals surface area contributed by atoms with Crippen molar-refractivity contribution in [3.8, 4) is 0 Å². The van der Waals surface area contributed by atoms with Crippen LogP contribution >= 0.6 is 0 Å². The summed E-state index contributed by atoms with van der Waals surface area (Å²) in [7, 11) is 0. The monoisotopic (exact) mass is 249 g/mol. The molecule has 0 spiro atoms. The Morgan fingerprint density at radius 3 is 2.56 bits per heavy atom. The zero-order chi connectivity index (χ0) is 12.3. The van der Waals surface area contributed by atoms with E-state index >= 15 is 0 Å². The van der Waals surface area contributed by atoms with Gasteiger partial charge in [-0.1, -0.05) is 0 Å². The number of nitrogens with one attached hydrogen (secondary N) is 1. The minimum atomic E-state index is 0.415. The summed E-state index contributed by atoms with van der Waals surface area (Å²) in [6.07, 6.45) is 4.34. The van der Waals surface area contributed by atoms with E-state index in [1.54, 1.807) is 0 Å². The van der Waals surface area contributed by atoms with Crippen LogP contribution < -0.4 is 5.32 Å². The maximum absolute atomic E-state index is 3.59. The molecule has 3 heteroatoms. The van der Waals surface area contributed by atoms with Crippen LogP contribution in [0.4, 0.5) is 0 Å². The van der Waals surface area contributed by atoms with Crippen molar-refractivity contribution in [3.63, 3.8) is 0 Å². The van der Waals surface area contributed by atoms with Gasteiger partial charge in [-0.25, -0.2) is 0 Å². The third-order valence-corrected chi connectivity index (χ3v) is 6.12. The lowest BCUT2D eigenvalue weighted by Gasteiger charge is -2.39. The Hall–Kier alpha value is -0.120. The van der Waals surface area contributed by atoms with Crippen LogP contribution in [0, 0.1) is 11.8 Å². The fraction of sp³-hybridized carbons (Fsp3) is 1.00. The molecule has 3 saturated heterocycles. The second-order valence-corrected chi connectivity index (χ2v) is 7.50. The van der Waals surface area contributed by atoms with E-state index < -0.39 is 0 Å². The van der Waals surface area contributed by atoms with Crippen LogP contribution in [-0.2, 0) is 0 Å². The fourth-order valence-electron chi connectivity index (χ4n) is 4.87. The third-order valence-electron chi connectivity index (χ3n) is 6.12. The van der Waals surface area contributed by atoms with Gasteiger partial charge >= 0.3 is 0 Å². The first-order valence-electron chi connectivity index (χ1n) is 7.88. The quantitative estimate of drug-likeness (QED) is 0.792. The van der Waals surface area contributed by atoms with E-state index in [0.717, 1.165) is 23.9 Å². The van der Waals surface area contributed by atoms with Crippen LogP contribution in [0.25, 0.3) is 0 Å². The lowest BCUT2D eigenvalue weighted by Crippen LogP contribution is -2.50. The summed E-state index contributed by atoms with van der Waals surface area (Å²) in [5, 5.41) is 3.59. The van der Waals surface area contributed by atoms with Gasteiger partial charge in [0.25, 0.3) is 0 Å². The molecule has 3 unspecified atom stereocenters. The SMILES string of the molecule is CC1(C)C2CNCC2CN1C1CCN(C2CC2)C1. The highest BCUT2D eigenvalue weighted by molar-refractivity contribution is 5.08. The molecule has 0 amide bonds. The van der Waals surface area contributed by atoms with E-state index in [-0.39, 0.29) is 0 Å². The summed E-state index contributed by atoms with van der Waals surface area (Å²) >= 11 is 0. The molecule has 1 aliphatic carbocycles. The predicted octanol–water partition coefficient (Wildman–Crippen LogP) is 1.15. The molecular formula is C15H27N3. The molecule has 102 valence electrons. The van der Waals surface area contributed by atoms with E-state index in [1.165, 1.54) is 52.0 Å². The summed E-state index contributed by atoms with van der Waals surface area (Å²) in [4.78, 5) is 5.62. The summed E-state index contributed by atoms with van der Waals surface area (Å²) in [5.41, 5.74) is 0.415. The second kappa shape index (κ2) is 3.94. The van der Waals surface area contributed by atoms with Crippen LogP contribution in [0.2, 0.25) is 0 Å². The number of rotatable bonds is 2. The zero-order valence-electron chi connectivity index (χ0n) is 11.9. The molecule has 0 bridgehead atoms. The van der Waals surface area contributed by atoms with Gasteiger partial charge in [0, 0.05) is 43.8 Å². The highest BCUT2D eigenvalue weighted by Gasteiger charge is 2.52. The fourth-order valence-corrected chi connectivity index (χ4v) is 4.87. The van der Waals surface area contributed by atoms with Crippen LogP contribution in [0.15, 0.2) is 0 Å². The Kier molecular flexibility index (Phi) is 2.56. The molecule has 18 heavy (non-hydrogen) atoms. The van der Waals surface area contributed by atoms with Gasteiger partial charge in [0.05, 0.1) is 0 Å². The number of likely N-dealkylation sites (tertiary alicyclic amines) is 2. The Bertz CT molecular complexity index is 337. The van der Waals surface area contributed by atoms with Crippen molar-refractivity contribution < 1.29 is 0 Å². The van der Waals surface area contributed by atoms with Crippen molar-refractivity contribution in [1.82, 2.24) is 15.1 Å². The molecule has 3 aliphatic heterocycles. The molecular weight excluding hydrogens is 222 g/mol. The smallest absolute Gasteiger partial charge is 0.0241 e. The van der Waals surface area contributed by atoms with Gasteiger partial charge < -0.3 is 5.32 Å². The van der Waals surface area contributed by atoms with Gasteiger partial charge in [0.15, 0.2) is 0 Å². The van der Waals surface area contributed by atoms with Gasteiger partial charge in [-0.2, -0.15) is 0 Å². The minimum Gasteiger partial charge on any atom is -0.316 e. The van der Waals surface area contributed by atoms with Crippen LogP contribution in [0.5, 0.6) is 0 Å². The van der Waals surface area contributed by atoms with E-state index in [4.69, 9.17) is 0 Å². The van der Waals surface area contributed by atoms with Crippen molar-refractivity contribution in [2.75, 3.05) is 32.7 Å². The van der Waals surface area contributed by atoms with Crippen molar-refractivity contribution in [2.24, 2.45) is 11.8 Å². The van der Waals surface area contributed by atoms with Crippen molar-refractivity contribution in [3.05, 3.63) is 0 Å².